The highest BCUT2D eigenvalue weighted by molar-refractivity contribution is 7.89. The van der Waals surface area contributed by atoms with Crippen molar-refractivity contribution < 1.29 is 17.6 Å². The van der Waals surface area contributed by atoms with E-state index in [-0.39, 0.29) is 35.7 Å². The van der Waals surface area contributed by atoms with Gasteiger partial charge in [-0.2, -0.15) is 9.30 Å². The van der Waals surface area contributed by atoms with Gasteiger partial charge in [-0.3, -0.25) is 4.79 Å². The highest BCUT2D eigenvalue weighted by Gasteiger charge is 2.35. The van der Waals surface area contributed by atoms with Crippen molar-refractivity contribution in [1.82, 2.24) is 18.8 Å². The van der Waals surface area contributed by atoms with Gasteiger partial charge in [-0.05, 0) is 5.92 Å². The van der Waals surface area contributed by atoms with Crippen molar-refractivity contribution >= 4 is 27.6 Å². The molecule has 1 unspecified atom stereocenters. The summed E-state index contributed by atoms with van der Waals surface area (Å²) in [5.41, 5.74) is 0.156. The molecule has 2 aliphatic heterocycles. The maximum absolute atomic E-state index is 13.9. The highest BCUT2D eigenvalue weighted by Crippen LogP contribution is 2.18. The fourth-order valence-electron chi connectivity index (χ4n) is 2.82. The molecule has 142 valence electrons. The van der Waals surface area contributed by atoms with Crippen molar-refractivity contribution in [1.29, 1.82) is 0 Å². The van der Waals surface area contributed by atoms with Gasteiger partial charge in [0, 0.05) is 39.4 Å². The maximum atomic E-state index is 13.9. The lowest BCUT2D eigenvalue weighted by Gasteiger charge is -2.35. The van der Waals surface area contributed by atoms with E-state index in [0.717, 1.165) is 0 Å². The molecule has 3 rings (SSSR count). The summed E-state index contributed by atoms with van der Waals surface area (Å²) in [7, 11) is -1.97. The predicted molar refractivity (Wildman–Crippen MR) is 93.2 cm³/mol. The molecular weight excluding hydrogens is 363 g/mol. The monoisotopic (exact) mass is 384 g/mol. The molecular formula is C15H21FN6O3S. The number of guanidine groups is 1. The standard InChI is InChI=1S/C15H21FN6O3S/c1-10(2)13-12(16)14(23)19-15(18-13)21-4-6-22(7-5-21)26(24,25)11-8-20(3)9-17-11/h8-10,12H,4-7H2,1-3H3. The normalized spacial score (nSPS) is 22.6. The van der Waals surface area contributed by atoms with Crippen LogP contribution < -0.4 is 0 Å². The average molecular weight is 384 g/mol. The summed E-state index contributed by atoms with van der Waals surface area (Å²) in [6.07, 6.45) is 1.08. The number of carbonyl (C=O) groups is 1. The fraction of sp³-hybridized carbons (Fsp3) is 0.600. The molecule has 3 heterocycles. The highest BCUT2D eigenvalue weighted by atomic mass is 32.2. The molecule has 26 heavy (non-hydrogen) atoms. The van der Waals surface area contributed by atoms with Gasteiger partial charge in [0.15, 0.2) is 5.03 Å². The Labute approximate surface area is 151 Å². The number of rotatable bonds is 3. The summed E-state index contributed by atoms with van der Waals surface area (Å²) in [5.74, 6) is -0.921. The zero-order chi connectivity index (χ0) is 19.1. The van der Waals surface area contributed by atoms with Crippen LogP contribution in [-0.2, 0) is 21.9 Å². The Hall–Kier alpha value is -2.14. The Morgan fingerprint density at radius 1 is 1.19 bits per heavy atom. The van der Waals surface area contributed by atoms with Gasteiger partial charge < -0.3 is 9.47 Å². The Morgan fingerprint density at radius 3 is 2.38 bits per heavy atom. The van der Waals surface area contributed by atoms with Crippen LogP contribution in [0, 0.1) is 5.92 Å². The second kappa shape index (κ2) is 6.88. The Morgan fingerprint density at radius 2 is 1.85 bits per heavy atom. The third-order valence-corrected chi connectivity index (χ3v) is 6.10. The molecule has 1 aromatic heterocycles. The van der Waals surface area contributed by atoms with Crippen LogP contribution in [0.3, 0.4) is 0 Å². The van der Waals surface area contributed by atoms with Crippen LogP contribution in [0.2, 0.25) is 0 Å². The summed E-state index contributed by atoms with van der Waals surface area (Å²) in [4.78, 5) is 25.3. The number of amides is 1. The van der Waals surface area contributed by atoms with E-state index in [4.69, 9.17) is 0 Å². The molecule has 0 aliphatic carbocycles. The van der Waals surface area contributed by atoms with Crippen LogP contribution in [0.4, 0.5) is 4.39 Å². The summed E-state index contributed by atoms with van der Waals surface area (Å²) in [6, 6.07) is 0. The van der Waals surface area contributed by atoms with E-state index in [1.165, 1.54) is 16.8 Å². The molecule has 0 saturated carbocycles. The second-order valence-electron chi connectivity index (χ2n) is 6.57. The Balaban J connectivity index is 1.73. The molecule has 11 heteroatoms. The average Bonchev–Trinajstić information content (AvgIpc) is 3.04. The van der Waals surface area contributed by atoms with Gasteiger partial charge in [0.25, 0.3) is 15.9 Å². The number of sulfonamides is 1. The topological polar surface area (TPSA) is 100 Å². The van der Waals surface area contributed by atoms with Crippen LogP contribution in [0.5, 0.6) is 0 Å². The van der Waals surface area contributed by atoms with Crippen LogP contribution >= 0.6 is 0 Å². The molecule has 1 fully saturated rings. The van der Waals surface area contributed by atoms with E-state index in [1.807, 2.05) is 0 Å². The third-order valence-electron chi connectivity index (χ3n) is 4.31. The van der Waals surface area contributed by atoms with Crippen LogP contribution in [0.25, 0.3) is 0 Å². The van der Waals surface area contributed by atoms with Crippen molar-refractivity contribution in [2.75, 3.05) is 26.2 Å². The van der Waals surface area contributed by atoms with Gasteiger partial charge in [-0.15, -0.1) is 0 Å². The first kappa shape index (κ1) is 18.6. The van der Waals surface area contributed by atoms with Crippen LogP contribution in [-0.4, -0.2) is 77.1 Å². The maximum Gasteiger partial charge on any atom is 0.289 e. The number of aryl methyl sites for hydroxylation is 1. The summed E-state index contributed by atoms with van der Waals surface area (Å²) < 4.78 is 42.0. The number of halogens is 1. The third kappa shape index (κ3) is 3.40. The number of hydrogen-bond acceptors (Lipinski definition) is 6. The Kier molecular flexibility index (Phi) is 4.93. The quantitative estimate of drug-likeness (QED) is 0.734. The van der Waals surface area contributed by atoms with Gasteiger partial charge in [0.1, 0.15) is 0 Å². The number of imidazole rings is 1. The van der Waals surface area contributed by atoms with Crippen molar-refractivity contribution in [2.24, 2.45) is 23.0 Å². The molecule has 2 aliphatic rings. The van der Waals surface area contributed by atoms with Crippen molar-refractivity contribution in [3.8, 4) is 0 Å². The number of aromatic nitrogens is 2. The first-order chi connectivity index (χ1) is 12.2. The SMILES string of the molecule is CC(C)C1=NC(N2CCN(S(=O)(=O)c3cn(C)cn3)CC2)=NC(=O)C1F. The Bertz CT molecular complexity index is 868. The van der Waals surface area contributed by atoms with Crippen molar-refractivity contribution in [3.05, 3.63) is 12.5 Å². The van der Waals surface area contributed by atoms with Crippen molar-refractivity contribution in [2.45, 2.75) is 25.0 Å². The lowest BCUT2D eigenvalue weighted by molar-refractivity contribution is -0.120. The van der Waals surface area contributed by atoms with Gasteiger partial charge in [0.05, 0.1) is 12.0 Å². The van der Waals surface area contributed by atoms with Crippen LogP contribution in [0.1, 0.15) is 13.8 Å². The number of alkyl halides is 1. The largest absolute Gasteiger partial charge is 0.339 e. The minimum absolute atomic E-state index is 0.000907. The van der Waals surface area contributed by atoms with E-state index in [9.17, 15) is 17.6 Å². The van der Waals surface area contributed by atoms with Gasteiger partial charge in [0.2, 0.25) is 12.1 Å². The minimum Gasteiger partial charge on any atom is -0.339 e. The molecule has 1 amide bonds. The molecule has 0 spiro atoms. The van der Waals surface area contributed by atoms with E-state index >= 15 is 0 Å². The van der Waals surface area contributed by atoms with Crippen LogP contribution in [0.15, 0.2) is 27.5 Å². The molecule has 1 atom stereocenters. The smallest absolute Gasteiger partial charge is 0.289 e. The number of aliphatic imine (C=N–C) groups is 2. The molecule has 0 radical (unpaired) electrons. The zero-order valence-corrected chi connectivity index (χ0v) is 15.6. The molecule has 1 aromatic rings. The van der Waals surface area contributed by atoms with Crippen molar-refractivity contribution in [3.63, 3.8) is 0 Å². The van der Waals surface area contributed by atoms with E-state index in [1.54, 1.807) is 30.4 Å². The molecule has 9 nitrogen and oxygen atoms in total. The molecule has 0 bridgehead atoms. The number of carbonyl (C=O) groups excluding carboxylic acids is 1. The number of hydrogen-bond donors (Lipinski definition) is 0. The zero-order valence-electron chi connectivity index (χ0n) is 14.8. The second-order valence-corrected chi connectivity index (χ2v) is 8.46. The predicted octanol–water partition coefficient (Wildman–Crippen LogP) is 0.0577. The van der Waals surface area contributed by atoms with Gasteiger partial charge in [-0.25, -0.2) is 22.8 Å². The van der Waals surface area contributed by atoms with E-state index in [2.05, 4.69) is 15.0 Å². The minimum atomic E-state index is -3.67. The molecule has 0 aromatic carbocycles. The van der Waals surface area contributed by atoms with Gasteiger partial charge in [-0.1, -0.05) is 13.8 Å². The lowest BCUT2D eigenvalue weighted by atomic mass is 10.0. The molecule has 1 saturated heterocycles. The molecule has 0 N–H and O–H groups in total. The fourth-order valence-corrected chi connectivity index (χ4v) is 4.21. The summed E-state index contributed by atoms with van der Waals surface area (Å²) in [6.45, 7) is 4.56. The number of nitrogens with zero attached hydrogens (tertiary/aromatic N) is 6. The first-order valence-corrected chi connectivity index (χ1v) is 9.72. The summed E-state index contributed by atoms with van der Waals surface area (Å²) >= 11 is 0. The van der Waals surface area contributed by atoms with Gasteiger partial charge >= 0.3 is 0 Å². The summed E-state index contributed by atoms with van der Waals surface area (Å²) in [5, 5.41) is -0.000907. The van der Waals surface area contributed by atoms with E-state index < -0.39 is 22.1 Å². The lowest BCUT2D eigenvalue weighted by Crippen LogP contribution is -2.51. The first-order valence-electron chi connectivity index (χ1n) is 8.28. The van der Waals surface area contributed by atoms with E-state index in [0.29, 0.717) is 13.1 Å². The number of piperazine rings is 1.